The van der Waals surface area contributed by atoms with Crippen molar-refractivity contribution in [1.29, 1.82) is 0 Å². The van der Waals surface area contributed by atoms with Crippen LogP contribution in [-0.2, 0) is 4.43 Å². The Bertz CT molecular complexity index is 128. The summed E-state index contributed by atoms with van der Waals surface area (Å²) in [5.74, 6) is 0. The molecule has 12 heavy (non-hydrogen) atoms. The average Bonchev–Trinajstić information content (AvgIpc) is 1.86. The molecule has 1 nitrogen and oxygen atoms in total. The van der Waals surface area contributed by atoms with Crippen LogP contribution < -0.4 is 0 Å². The van der Waals surface area contributed by atoms with E-state index in [9.17, 15) is 0 Å². The normalized spacial score (nSPS) is 11.8. The fraction of sp³-hybridized carbons (Fsp3) is 0.667. The molecule has 0 aromatic carbocycles. The third-order valence-electron chi connectivity index (χ3n) is 0.844. The maximum Gasteiger partial charge on any atom is 0.365 e. The van der Waals surface area contributed by atoms with Crippen LogP contribution in [0.3, 0.4) is 0 Å². The van der Waals surface area contributed by atoms with Crippen LogP contribution in [-0.4, -0.2) is 22.1 Å². The molecule has 0 heterocycles. The van der Waals surface area contributed by atoms with E-state index in [0.717, 1.165) is 10.5 Å². The van der Waals surface area contributed by atoms with Crippen molar-refractivity contribution in [3.63, 3.8) is 0 Å². The fourth-order valence-electron chi connectivity index (χ4n) is 0. The molecule has 0 atom stereocenters. The molecule has 74 valence electrons. The summed E-state index contributed by atoms with van der Waals surface area (Å²) < 4.78 is 5.08. The minimum absolute atomic E-state index is 0.103. The zero-order chi connectivity index (χ0) is 10.4. The van der Waals surface area contributed by atoms with Crippen LogP contribution in [0.5, 0.6) is 0 Å². The summed E-state index contributed by atoms with van der Waals surface area (Å²) in [4.78, 5) is 0. The first-order valence-electron chi connectivity index (χ1n) is 3.38. The molecular weight excluding hydrogens is 251 g/mol. The molecule has 0 rings (SSSR count). The standard InChI is InChI=1S/C4H12OSi.C2H3Cl3Si/c1-4(2,3)5-6;1-2-6(3,4)5/h1-3,6H3;2H,1H2. The second-order valence-corrected chi connectivity index (χ2v) is 12.1. The maximum atomic E-state index is 5.27. The third kappa shape index (κ3) is 22.4. The minimum Gasteiger partial charge on any atom is -0.423 e. The van der Waals surface area contributed by atoms with Crippen LogP contribution in [0.25, 0.3) is 0 Å². The monoisotopic (exact) mass is 264 g/mol. The molecular formula is C6H15Cl3OSi2. The predicted octanol–water partition coefficient (Wildman–Crippen LogP) is 2.45. The van der Waals surface area contributed by atoms with Gasteiger partial charge in [-0.2, -0.15) is 0 Å². The number of rotatable bonds is 1. The van der Waals surface area contributed by atoms with E-state index in [1.807, 2.05) is 0 Å². The molecule has 0 amide bonds. The van der Waals surface area contributed by atoms with Crippen molar-refractivity contribution in [2.24, 2.45) is 0 Å². The zero-order valence-electron chi connectivity index (χ0n) is 7.83. The van der Waals surface area contributed by atoms with E-state index >= 15 is 0 Å². The van der Waals surface area contributed by atoms with Crippen molar-refractivity contribution in [2.45, 2.75) is 26.4 Å². The summed E-state index contributed by atoms with van der Waals surface area (Å²) in [5, 5.41) is 0. The summed E-state index contributed by atoms with van der Waals surface area (Å²) in [6, 6.07) is -2.45. The van der Waals surface area contributed by atoms with Gasteiger partial charge in [0.1, 0.15) is 10.5 Å². The van der Waals surface area contributed by atoms with E-state index in [1.54, 1.807) is 0 Å². The van der Waals surface area contributed by atoms with Crippen LogP contribution in [0.2, 0.25) is 0 Å². The van der Waals surface area contributed by atoms with Crippen LogP contribution >= 0.6 is 33.2 Å². The van der Waals surface area contributed by atoms with Gasteiger partial charge in [-0.3, -0.25) is 0 Å². The summed E-state index contributed by atoms with van der Waals surface area (Å²) in [6.45, 7) is 9.46. The zero-order valence-corrected chi connectivity index (χ0v) is 13.1. The van der Waals surface area contributed by atoms with Crippen LogP contribution in [0.1, 0.15) is 20.8 Å². The Morgan fingerprint density at radius 2 is 1.50 bits per heavy atom. The first kappa shape index (κ1) is 15.5. The molecule has 0 aromatic rings. The molecule has 0 saturated carbocycles. The van der Waals surface area contributed by atoms with Gasteiger partial charge in [0.2, 0.25) is 0 Å². The van der Waals surface area contributed by atoms with E-state index in [-0.39, 0.29) is 5.60 Å². The van der Waals surface area contributed by atoms with Gasteiger partial charge in [-0.05, 0) is 20.8 Å². The predicted molar refractivity (Wildman–Crippen MR) is 64.3 cm³/mol. The Hall–Kier alpha value is 1.00. The van der Waals surface area contributed by atoms with Gasteiger partial charge >= 0.3 is 6.00 Å². The van der Waals surface area contributed by atoms with Crippen molar-refractivity contribution in [3.8, 4) is 0 Å². The van der Waals surface area contributed by atoms with E-state index in [2.05, 4.69) is 27.4 Å². The maximum absolute atomic E-state index is 5.27. The molecule has 0 unspecified atom stereocenters. The van der Waals surface area contributed by atoms with Crippen LogP contribution in [0.15, 0.2) is 12.3 Å². The van der Waals surface area contributed by atoms with Crippen LogP contribution in [0.4, 0.5) is 0 Å². The van der Waals surface area contributed by atoms with E-state index in [1.165, 1.54) is 5.70 Å². The van der Waals surface area contributed by atoms with Crippen molar-refractivity contribution in [2.75, 3.05) is 0 Å². The average molecular weight is 266 g/mol. The van der Waals surface area contributed by atoms with Gasteiger partial charge in [0.25, 0.3) is 0 Å². The Kier molecular flexibility index (Phi) is 8.33. The molecule has 0 aliphatic rings. The highest BCUT2D eigenvalue weighted by atomic mass is 35.8. The lowest BCUT2D eigenvalue weighted by molar-refractivity contribution is 0.147. The second kappa shape index (κ2) is 6.46. The highest BCUT2D eigenvalue weighted by molar-refractivity contribution is 7.66. The van der Waals surface area contributed by atoms with Gasteiger partial charge in [-0.1, -0.05) is 5.70 Å². The van der Waals surface area contributed by atoms with Crippen molar-refractivity contribution < 1.29 is 4.43 Å². The summed E-state index contributed by atoms with van der Waals surface area (Å²) in [6.07, 6.45) is 0. The molecule has 0 aliphatic heterocycles. The molecule has 0 fully saturated rings. The first-order chi connectivity index (χ1) is 5.12. The lowest BCUT2D eigenvalue weighted by atomic mass is 10.2. The third-order valence-corrected chi connectivity index (χ3v) is 3.92. The van der Waals surface area contributed by atoms with Gasteiger partial charge in [-0.25, -0.2) is 0 Å². The van der Waals surface area contributed by atoms with E-state index in [4.69, 9.17) is 37.7 Å². The van der Waals surface area contributed by atoms with Gasteiger partial charge in [0.15, 0.2) is 0 Å². The van der Waals surface area contributed by atoms with Crippen molar-refractivity contribution >= 4 is 49.7 Å². The number of hydrogen-bond donors (Lipinski definition) is 0. The molecule has 0 aromatic heterocycles. The van der Waals surface area contributed by atoms with E-state index in [0.29, 0.717) is 0 Å². The number of hydrogen-bond acceptors (Lipinski definition) is 1. The Morgan fingerprint density at radius 3 is 1.50 bits per heavy atom. The molecule has 0 radical (unpaired) electrons. The van der Waals surface area contributed by atoms with Gasteiger partial charge in [0.05, 0.1) is 0 Å². The summed E-state index contributed by atoms with van der Waals surface area (Å²) in [5.41, 5.74) is 1.48. The van der Waals surface area contributed by atoms with Gasteiger partial charge in [0, 0.05) is 5.60 Å². The van der Waals surface area contributed by atoms with Gasteiger partial charge < -0.3 is 4.43 Å². The molecule has 0 aliphatic carbocycles. The molecule has 0 bridgehead atoms. The fourth-order valence-corrected chi connectivity index (χ4v) is 0. The first-order valence-corrected chi connectivity index (χ1v) is 9.31. The molecule has 6 heteroatoms. The van der Waals surface area contributed by atoms with E-state index < -0.39 is 6.00 Å². The minimum atomic E-state index is -2.45. The largest absolute Gasteiger partial charge is 0.423 e. The lowest BCUT2D eigenvalue weighted by Crippen LogP contribution is -2.16. The van der Waals surface area contributed by atoms with Crippen molar-refractivity contribution in [3.05, 3.63) is 12.3 Å². The van der Waals surface area contributed by atoms with Crippen LogP contribution in [0, 0.1) is 0 Å². The molecule has 0 saturated heterocycles. The number of halogens is 3. The summed E-state index contributed by atoms with van der Waals surface area (Å²) in [7, 11) is 0.848. The molecule has 0 spiro atoms. The van der Waals surface area contributed by atoms with Crippen molar-refractivity contribution in [1.82, 2.24) is 0 Å². The summed E-state index contributed by atoms with van der Waals surface area (Å²) >= 11 is 15.8. The Morgan fingerprint density at radius 1 is 1.33 bits per heavy atom. The highest BCUT2D eigenvalue weighted by Crippen LogP contribution is 2.19. The smallest absolute Gasteiger partial charge is 0.365 e. The second-order valence-electron chi connectivity index (χ2n) is 3.06. The highest BCUT2D eigenvalue weighted by Gasteiger charge is 2.17. The topological polar surface area (TPSA) is 9.23 Å². The SMILES string of the molecule is C=C[Si](Cl)(Cl)Cl.CC(C)(C)O[SiH3]. The van der Waals surface area contributed by atoms with Gasteiger partial charge in [-0.15, -0.1) is 39.8 Å². The lowest BCUT2D eigenvalue weighted by Gasteiger charge is -2.15. The Balaban J connectivity index is 0. The Labute approximate surface area is 92.7 Å². The molecule has 0 N–H and O–H groups in total. The quantitative estimate of drug-likeness (QED) is 0.523.